The number of halogens is 1. The average Bonchev–Trinajstić information content (AvgIpc) is 2.39. The van der Waals surface area contributed by atoms with E-state index in [4.69, 9.17) is 10.00 Å². The maximum Gasteiger partial charge on any atom is 0.143 e. The molecule has 1 saturated heterocycles. The molecule has 0 N–H and O–H groups in total. The van der Waals surface area contributed by atoms with Gasteiger partial charge in [-0.2, -0.15) is 5.26 Å². The van der Waals surface area contributed by atoms with Crippen LogP contribution < -0.4 is 4.90 Å². The highest BCUT2D eigenvalue weighted by molar-refractivity contribution is 5.51. The first kappa shape index (κ1) is 12.8. The second-order valence-electron chi connectivity index (χ2n) is 4.76. The van der Waals surface area contributed by atoms with E-state index in [2.05, 4.69) is 11.8 Å². The van der Waals surface area contributed by atoms with Crippen LogP contribution in [0.4, 0.5) is 10.1 Å². The van der Waals surface area contributed by atoms with Crippen molar-refractivity contribution in [1.29, 1.82) is 5.26 Å². The van der Waals surface area contributed by atoms with Gasteiger partial charge in [-0.15, -0.1) is 0 Å². The Morgan fingerprint density at radius 1 is 1.50 bits per heavy atom. The zero-order chi connectivity index (χ0) is 13.1. The number of ether oxygens (including phenoxy) is 1. The minimum atomic E-state index is -0.456. The summed E-state index contributed by atoms with van der Waals surface area (Å²) >= 11 is 0. The molecule has 0 saturated carbocycles. The molecule has 18 heavy (non-hydrogen) atoms. The molecule has 4 heteroatoms. The fraction of sp³-hybridized carbons (Fsp3) is 0.500. The molecule has 1 aliphatic rings. The molecular formula is C14H17FN2O. The molecular weight excluding hydrogens is 231 g/mol. The third-order valence-corrected chi connectivity index (χ3v) is 3.63. The first-order chi connectivity index (χ1) is 8.65. The number of nitrogens with zero attached hydrogens (tertiary/aromatic N) is 2. The van der Waals surface area contributed by atoms with Gasteiger partial charge in [0.1, 0.15) is 11.9 Å². The van der Waals surface area contributed by atoms with Gasteiger partial charge in [0, 0.05) is 25.9 Å². The lowest BCUT2D eigenvalue weighted by atomic mass is 9.95. The summed E-state index contributed by atoms with van der Waals surface area (Å²) < 4.78 is 19.0. The van der Waals surface area contributed by atoms with E-state index in [-0.39, 0.29) is 11.7 Å². The highest BCUT2D eigenvalue weighted by Crippen LogP contribution is 2.26. The summed E-state index contributed by atoms with van der Waals surface area (Å²) in [5.74, 6) is 0.0667. The van der Waals surface area contributed by atoms with Gasteiger partial charge in [-0.1, -0.05) is 6.92 Å². The average molecular weight is 248 g/mol. The fourth-order valence-electron chi connectivity index (χ4n) is 2.37. The summed E-state index contributed by atoms with van der Waals surface area (Å²) in [4.78, 5) is 2.11. The Labute approximate surface area is 107 Å². The number of anilines is 1. The highest BCUT2D eigenvalue weighted by Gasteiger charge is 2.26. The van der Waals surface area contributed by atoms with Crippen molar-refractivity contribution >= 4 is 5.69 Å². The van der Waals surface area contributed by atoms with Gasteiger partial charge in [0.15, 0.2) is 0 Å². The van der Waals surface area contributed by atoms with Crippen molar-refractivity contribution in [3.63, 3.8) is 0 Å². The number of hydrogen-bond donors (Lipinski definition) is 0. The van der Waals surface area contributed by atoms with Crippen molar-refractivity contribution in [3.05, 3.63) is 29.6 Å². The monoisotopic (exact) mass is 248 g/mol. The van der Waals surface area contributed by atoms with Crippen LogP contribution in [0, 0.1) is 23.1 Å². The number of benzene rings is 1. The Kier molecular flexibility index (Phi) is 3.83. The summed E-state index contributed by atoms with van der Waals surface area (Å²) in [6.45, 7) is 3.83. The van der Waals surface area contributed by atoms with Gasteiger partial charge in [-0.05, 0) is 30.5 Å². The molecule has 1 heterocycles. The number of rotatable bonds is 2. The predicted molar refractivity (Wildman–Crippen MR) is 67.9 cm³/mol. The van der Waals surface area contributed by atoms with Crippen molar-refractivity contribution in [2.45, 2.75) is 19.4 Å². The second kappa shape index (κ2) is 5.36. The van der Waals surface area contributed by atoms with Gasteiger partial charge in [0.05, 0.1) is 11.7 Å². The van der Waals surface area contributed by atoms with Gasteiger partial charge < -0.3 is 9.64 Å². The lowest BCUT2D eigenvalue weighted by Gasteiger charge is -2.37. The van der Waals surface area contributed by atoms with Crippen molar-refractivity contribution in [2.75, 3.05) is 25.1 Å². The van der Waals surface area contributed by atoms with Crippen molar-refractivity contribution in [1.82, 2.24) is 0 Å². The largest absolute Gasteiger partial charge is 0.379 e. The van der Waals surface area contributed by atoms with Crippen molar-refractivity contribution in [2.24, 2.45) is 5.92 Å². The highest BCUT2D eigenvalue weighted by atomic mass is 19.1. The molecule has 1 aliphatic heterocycles. The smallest absolute Gasteiger partial charge is 0.143 e. The standard InChI is InChI=1S/C14H17FN2O/c1-10-5-6-17(9-14(10)18-2)12-4-3-11(8-16)13(15)7-12/h3-4,7,10,14H,5-6,9H2,1-2H3. The predicted octanol–water partition coefficient (Wildman–Crippen LogP) is 2.56. The Morgan fingerprint density at radius 2 is 2.28 bits per heavy atom. The zero-order valence-electron chi connectivity index (χ0n) is 10.7. The molecule has 2 unspecified atom stereocenters. The van der Waals surface area contributed by atoms with Crippen LogP contribution in [0.25, 0.3) is 0 Å². The van der Waals surface area contributed by atoms with Crippen LogP contribution in [0.2, 0.25) is 0 Å². The first-order valence-electron chi connectivity index (χ1n) is 6.13. The van der Waals surface area contributed by atoms with E-state index in [1.54, 1.807) is 13.2 Å². The van der Waals surface area contributed by atoms with E-state index in [0.29, 0.717) is 5.92 Å². The molecule has 0 radical (unpaired) electrons. The number of hydrogen-bond acceptors (Lipinski definition) is 3. The van der Waals surface area contributed by atoms with Crippen LogP contribution in [-0.4, -0.2) is 26.3 Å². The Hall–Kier alpha value is -1.60. The summed E-state index contributed by atoms with van der Waals surface area (Å²) in [5.41, 5.74) is 0.910. The maximum atomic E-state index is 13.6. The Morgan fingerprint density at radius 3 is 2.89 bits per heavy atom. The molecule has 0 bridgehead atoms. The minimum Gasteiger partial charge on any atom is -0.379 e. The lowest BCUT2D eigenvalue weighted by Crippen LogP contribution is -2.43. The molecule has 1 fully saturated rings. The number of nitriles is 1. The van der Waals surface area contributed by atoms with E-state index in [0.717, 1.165) is 25.2 Å². The van der Waals surface area contributed by atoms with E-state index < -0.39 is 5.82 Å². The van der Waals surface area contributed by atoms with Crippen LogP contribution in [-0.2, 0) is 4.74 Å². The molecule has 1 aromatic carbocycles. The molecule has 0 spiro atoms. The van der Waals surface area contributed by atoms with Gasteiger partial charge in [-0.25, -0.2) is 4.39 Å². The van der Waals surface area contributed by atoms with Crippen molar-refractivity contribution < 1.29 is 9.13 Å². The molecule has 3 nitrogen and oxygen atoms in total. The normalized spacial score (nSPS) is 23.8. The molecule has 0 amide bonds. The molecule has 2 atom stereocenters. The zero-order valence-corrected chi connectivity index (χ0v) is 10.7. The van der Waals surface area contributed by atoms with Crippen LogP contribution >= 0.6 is 0 Å². The summed E-state index contributed by atoms with van der Waals surface area (Å²) in [6, 6.07) is 6.59. The fourth-order valence-corrected chi connectivity index (χ4v) is 2.37. The molecule has 2 rings (SSSR count). The van der Waals surface area contributed by atoms with Crippen LogP contribution in [0.3, 0.4) is 0 Å². The van der Waals surface area contributed by atoms with Crippen LogP contribution in [0.1, 0.15) is 18.9 Å². The van der Waals surface area contributed by atoms with Crippen LogP contribution in [0.15, 0.2) is 18.2 Å². The summed E-state index contributed by atoms with van der Waals surface area (Å²) in [5, 5.41) is 8.71. The van der Waals surface area contributed by atoms with E-state index in [1.165, 1.54) is 12.1 Å². The van der Waals surface area contributed by atoms with E-state index >= 15 is 0 Å². The third kappa shape index (κ3) is 2.46. The van der Waals surface area contributed by atoms with E-state index in [9.17, 15) is 4.39 Å². The van der Waals surface area contributed by atoms with Crippen molar-refractivity contribution in [3.8, 4) is 6.07 Å². The molecule has 0 aromatic heterocycles. The topological polar surface area (TPSA) is 36.3 Å². The van der Waals surface area contributed by atoms with Gasteiger partial charge in [0.2, 0.25) is 0 Å². The minimum absolute atomic E-state index is 0.0902. The maximum absolute atomic E-state index is 13.6. The Balaban J connectivity index is 2.17. The van der Waals surface area contributed by atoms with E-state index in [1.807, 2.05) is 6.07 Å². The third-order valence-electron chi connectivity index (χ3n) is 3.63. The Bertz CT molecular complexity index is 469. The molecule has 1 aromatic rings. The quantitative estimate of drug-likeness (QED) is 0.807. The first-order valence-corrected chi connectivity index (χ1v) is 6.13. The summed E-state index contributed by atoms with van der Waals surface area (Å²) in [7, 11) is 1.71. The number of methoxy groups -OCH3 is 1. The molecule has 96 valence electrons. The second-order valence-corrected chi connectivity index (χ2v) is 4.76. The number of piperidine rings is 1. The molecule has 0 aliphatic carbocycles. The SMILES string of the molecule is COC1CN(c2ccc(C#N)c(F)c2)CCC1C. The van der Waals surface area contributed by atoms with Gasteiger partial charge in [0.25, 0.3) is 0 Å². The van der Waals surface area contributed by atoms with Gasteiger partial charge in [-0.3, -0.25) is 0 Å². The van der Waals surface area contributed by atoms with Crippen LogP contribution in [0.5, 0.6) is 0 Å². The van der Waals surface area contributed by atoms with Gasteiger partial charge >= 0.3 is 0 Å². The summed E-state index contributed by atoms with van der Waals surface area (Å²) in [6.07, 6.45) is 1.21. The lowest BCUT2D eigenvalue weighted by molar-refractivity contribution is 0.0498.